The zero-order valence-corrected chi connectivity index (χ0v) is 14.3. The molecule has 1 saturated heterocycles. The van der Waals surface area contributed by atoms with Crippen LogP contribution in [0.15, 0.2) is 10.3 Å². The summed E-state index contributed by atoms with van der Waals surface area (Å²) in [6, 6.07) is 1.14. The van der Waals surface area contributed by atoms with E-state index in [1.165, 1.54) is 0 Å². The molecule has 1 atom stereocenters. The van der Waals surface area contributed by atoms with Crippen molar-refractivity contribution in [2.75, 3.05) is 51.5 Å². The Morgan fingerprint density at radius 1 is 1.55 bits per heavy atom. The molecule has 0 aliphatic carbocycles. The van der Waals surface area contributed by atoms with Gasteiger partial charge >= 0.3 is 5.69 Å². The molecular weight excluding hydrogens is 330 g/mol. The minimum Gasteiger partial charge on any atom is -0.373 e. The largest absolute Gasteiger partial charge is 0.373 e. The SMILES string of the molecule is CN(C)CC1CN(c2sc(S(C)(=O)=O)cc2[N+](=O)[O-])CCO1. The number of likely N-dealkylation sites (N-methyl/N-ethyl adjacent to an activating group) is 1. The van der Waals surface area contributed by atoms with Crippen LogP contribution in [0.4, 0.5) is 10.7 Å². The number of nitro groups is 1. The topological polar surface area (TPSA) is 93.0 Å². The van der Waals surface area contributed by atoms with Crippen LogP contribution in [0.1, 0.15) is 0 Å². The van der Waals surface area contributed by atoms with Crippen LogP contribution in [-0.4, -0.2) is 70.9 Å². The molecule has 124 valence electrons. The van der Waals surface area contributed by atoms with Gasteiger partial charge in [-0.05, 0) is 14.1 Å². The molecule has 1 aliphatic rings. The molecule has 0 saturated carbocycles. The van der Waals surface area contributed by atoms with Crippen molar-refractivity contribution < 1.29 is 18.1 Å². The highest BCUT2D eigenvalue weighted by Gasteiger charge is 2.30. The lowest BCUT2D eigenvalue weighted by Gasteiger charge is -2.34. The molecule has 2 rings (SSSR count). The van der Waals surface area contributed by atoms with Gasteiger partial charge in [-0.2, -0.15) is 0 Å². The number of sulfone groups is 1. The van der Waals surface area contributed by atoms with E-state index >= 15 is 0 Å². The maximum atomic E-state index is 11.7. The third-order valence-corrected chi connectivity index (χ3v) is 6.21. The van der Waals surface area contributed by atoms with Gasteiger partial charge in [-0.3, -0.25) is 10.1 Å². The van der Waals surface area contributed by atoms with Gasteiger partial charge in [0.2, 0.25) is 0 Å². The number of anilines is 1. The van der Waals surface area contributed by atoms with Gasteiger partial charge in [0.15, 0.2) is 14.8 Å². The maximum Gasteiger partial charge on any atom is 0.305 e. The minimum absolute atomic E-state index is 0.0184. The summed E-state index contributed by atoms with van der Waals surface area (Å²) >= 11 is 0.949. The average Bonchev–Trinajstić information content (AvgIpc) is 2.83. The highest BCUT2D eigenvalue weighted by atomic mass is 32.2. The lowest BCUT2D eigenvalue weighted by atomic mass is 10.2. The summed E-state index contributed by atoms with van der Waals surface area (Å²) < 4.78 is 29.0. The van der Waals surface area contributed by atoms with Crippen molar-refractivity contribution in [1.29, 1.82) is 0 Å². The maximum absolute atomic E-state index is 11.7. The van der Waals surface area contributed by atoms with Crippen molar-refractivity contribution in [3.8, 4) is 0 Å². The number of morpholine rings is 1. The molecule has 1 unspecified atom stereocenters. The summed E-state index contributed by atoms with van der Waals surface area (Å²) in [4.78, 5) is 14.5. The fourth-order valence-electron chi connectivity index (χ4n) is 2.31. The quantitative estimate of drug-likeness (QED) is 0.574. The van der Waals surface area contributed by atoms with Crippen LogP contribution in [0.5, 0.6) is 0 Å². The number of rotatable bonds is 5. The Bertz CT molecular complexity index is 656. The lowest BCUT2D eigenvalue weighted by Crippen LogP contribution is -2.46. The lowest BCUT2D eigenvalue weighted by molar-refractivity contribution is -0.383. The first kappa shape index (κ1) is 17.1. The molecule has 0 bridgehead atoms. The fourth-order valence-corrected chi connectivity index (χ4v) is 4.37. The molecule has 8 nitrogen and oxygen atoms in total. The van der Waals surface area contributed by atoms with E-state index in [0.717, 1.165) is 23.7 Å². The van der Waals surface area contributed by atoms with Crippen LogP contribution in [0.3, 0.4) is 0 Å². The third kappa shape index (κ3) is 3.94. The van der Waals surface area contributed by atoms with Crippen molar-refractivity contribution in [3.05, 3.63) is 16.2 Å². The van der Waals surface area contributed by atoms with Gasteiger partial charge in [0, 0.05) is 32.0 Å². The summed E-state index contributed by atoms with van der Waals surface area (Å²) in [6.45, 7) is 2.17. The Kier molecular flexibility index (Phi) is 5.05. The summed E-state index contributed by atoms with van der Waals surface area (Å²) in [5, 5.41) is 11.6. The van der Waals surface area contributed by atoms with Crippen LogP contribution in [0.2, 0.25) is 0 Å². The second-order valence-electron chi connectivity index (χ2n) is 5.49. The predicted molar refractivity (Wildman–Crippen MR) is 84.6 cm³/mol. The van der Waals surface area contributed by atoms with E-state index in [0.29, 0.717) is 31.2 Å². The molecule has 0 spiro atoms. The van der Waals surface area contributed by atoms with Crippen LogP contribution >= 0.6 is 11.3 Å². The molecule has 10 heteroatoms. The van der Waals surface area contributed by atoms with Crippen LogP contribution in [0, 0.1) is 10.1 Å². The Labute approximate surface area is 133 Å². The van der Waals surface area contributed by atoms with Gasteiger partial charge in [0.1, 0.15) is 4.21 Å². The Balaban J connectivity index is 2.30. The summed E-state index contributed by atoms with van der Waals surface area (Å²) in [7, 11) is 0.395. The van der Waals surface area contributed by atoms with Crippen molar-refractivity contribution in [2.24, 2.45) is 0 Å². The zero-order valence-electron chi connectivity index (χ0n) is 12.7. The molecule has 1 fully saturated rings. The Morgan fingerprint density at radius 3 is 2.77 bits per heavy atom. The standard InChI is InChI=1S/C12H19N3O5S2/c1-13(2)7-9-8-14(4-5-20-9)12-10(15(16)17)6-11(21-12)22(3,18)19/h6,9H,4-5,7-8H2,1-3H3. The normalized spacial score (nSPS) is 19.6. The van der Waals surface area contributed by atoms with E-state index in [1.54, 1.807) is 0 Å². The van der Waals surface area contributed by atoms with E-state index in [4.69, 9.17) is 4.74 Å². The number of hydrogen-bond acceptors (Lipinski definition) is 8. The molecule has 1 aromatic rings. The van der Waals surface area contributed by atoms with E-state index < -0.39 is 14.8 Å². The van der Waals surface area contributed by atoms with Crippen molar-refractivity contribution in [2.45, 2.75) is 10.3 Å². The monoisotopic (exact) mass is 349 g/mol. The summed E-state index contributed by atoms with van der Waals surface area (Å²) in [6.07, 6.45) is 0.993. The van der Waals surface area contributed by atoms with Crippen molar-refractivity contribution >= 4 is 31.9 Å². The van der Waals surface area contributed by atoms with Crippen LogP contribution in [-0.2, 0) is 14.6 Å². The van der Waals surface area contributed by atoms with Crippen molar-refractivity contribution in [1.82, 2.24) is 4.90 Å². The highest BCUT2D eigenvalue weighted by Crippen LogP contribution is 2.40. The van der Waals surface area contributed by atoms with Crippen LogP contribution < -0.4 is 4.90 Å². The fraction of sp³-hybridized carbons (Fsp3) is 0.667. The van der Waals surface area contributed by atoms with E-state index in [9.17, 15) is 18.5 Å². The molecule has 2 heterocycles. The number of ether oxygens (including phenoxy) is 1. The molecule has 0 aromatic carbocycles. The van der Waals surface area contributed by atoms with Gasteiger partial charge in [-0.1, -0.05) is 11.3 Å². The molecular formula is C12H19N3O5S2. The first-order valence-corrected chi connectivity index (χ1v) is 9.39. The Hall–Kier alpha value is -1.23. The molecule has 22 heavy (non-hydrogen) atoms. The first-order chi connectivity index (χ1) is 10.2. The first-order valence-electron chi connectivity index (χ1n) is 6.68. The summed E-state index contributed by atoms with van der Waals surface area (Å²) in [5.74, 6) is 0. The average molecular weight is 349 g/mol. The molecule has 0 N–H and O–H groups in total. The van der Waals surface area contributed by atoms with Crippen LogP contribution in [0.25, 0.3) is 0 Å². The van der Waals surface area contributed by atoms with Gasteiger partial charge in [-0.25, -0.2) is 8.42 Å². The van der Waals surface area contributed by atoms with Gasteiger partial charge in [0.05, 0.1) is 17.6 Å². The van der Waals surface area contributed by atoms with Gasteiger partial charge < -0.3 is 14.5 Å². The molecule has 1 aliphatic heterocycles. The summed E-state index contributed by atoms with van der Waals surface area (Å²) in [5.41, 5.74) is -0.157. The number of nitrogens with zero attached hydrogens (tertiary/aromatic N) is 3. The number of hydrogen-bond donors (Lipinski definition) is 0. The zero-order chi connectivity index (χ0) is 16.5. The van der Waals surface area contributed by atoms with E-state index in [1.807, 2.05) is 23.9 Å². The highest BCUT2D eigenvalue weighted by molar-refractivity contribution is 7.92. The molecule has 1 aromatic heterocycles. The number of thiophene rings is 1. The van der Waals surface area contributed by atoms with Gasteiger partial charge in [-0.15, -0.1) is 0 Å². The minimum atomic E-state index is -3.46. The van der Waals surface area contributed by atoms with E-state index in [-0.39, 0.29) is 16.0 Å². The second-order valence-corrected chi connectivity index (χ2v) is 8.76. The third-order valence-electron chi connectivity index (χ3n) is 3.23. The smallest absolute Gasteiger partial charge is 0.305 e. The predicted octanol–water partition coefficient (Wildman–Crippen LogP) is 0.827. The van der Waals surface area contributed by atoms with E-state index in [2.05, 4.69) is 0 Å². The van der Waals surface area contributed by atoms with Crippen molar-refractivity contribution in [3.63, 3.8) is 0 Å². The molecule has 0 radical (unpaired) electrons. The second kappa shape index (κ2) is 6.49. The van der Waals surface area contributed by atoms with Gasteiger partial charge in [0.25, 0.3) is 0 Å². The molecule has 0 amide bonds. The Morgan fingerprint density at radius 2 is 2.23 bits per heavy atom.